The van der Waals surface area contributed by atoms with Crippen LogP contribution in [-0.4, -0.2) is 52.2 Å². The molecule has 0 aromatic carbocycles. The van der Waals surface area contributed by atoms with E-state index in [1.807, 2.05) is 6.92 Å². The van der Waals surface area contributed by atoms with Gasteiger partial charge in [-0.25, -0.2) is 13.2 Å². The maximum Gasteiger partial charge on any atom is 0.224 e. The van der Waals surface area contributed by atoms with Gasteiger partial charge in [0.05, 0.1) is 12.7 Å². The minimum Gasteiger partial charge on any atom is -0.390 e. The van der Waals surface area contributed by atoms with E-state index >= 15 is 8.78 Å². The Kier molecular flexibility index (Phi) is 4.31. The number of carbonyl (C=O) groups excluding carboxylic acids is 2. The average Bonchev–Trinajstić information content (AvgIpc) is 2.83. The zero-order chi connectivity index (χ0) is 21.7. The fourth-order valence-electron chi connectivity index (χ4n) is 7.64. The first-order valence-corrected chi connectivity index (χ1v) is 11.4. The Morgan fingerprint density at radius 3 is 2.73 bits per heavy atom. The van der Waals surface area contributed by atoms with Gasteiger partial charge in [-0.15, -0.1) is 0 Å². The van der Waals surface area contributed by atoms with Crippen molar-refractivity contribution >= 4 is 22.7 Å². The third-order valence-electron chi connectivity index (χ3n) is 8.94. The number of halogens is 3. The summed E-state index contributed by atoms with van der Waals surface area (Å²) in [5.74, 6) is -1.89. The lowest BCUT2D eigenvalue weighted by atomic mass is 9.43. The highest BCUT2D eigenvalue weighted by atomic mass is 32.2. The maximum absolute atomic E-state index is 17.0. The summed E-state index contributed by atoms with van der Waals surface area (Å²) in [6.07, 6.45) is 1.12. The van der Waals surface area contributed by atoms with E-state index in [0.29, 0.717) is 18.2 Å². The van der Waals surface area contributed by atoms with Gasteiger partial charge < -0.3 is 9.84 Å². The zero-order valence-electron chi connectivity index (χ0n) is 16.9. The normalized spacial score (nSPS) is 53.7. The third-order valence-corrected chi connectivity index (χ3v) is 9.61. The topological polar surface area (TPSA) is 63.6 Å². The maximum atomic E-state index is 17.0. The molecule has 1 saturated heterocycles. The highest BCUT2D eigenvalue weighted by Crippen LogP contribution is 2.75. The van der Waals surface area contributed by atoms with Crippen molar-refractivity contribution < 1.29 is 32.6 Å². The molecular weight excluding hydrogens is 417 g/mol. The number of ether oxygens (including phenoxy) is 1. The number of ketones is 1. The summed E-state index contributed by atoms with van der Waals surface area (Å²) in [6.45, 7) is 3.56. The van der Waals surface area contributed by atoms with Gasteiger partial charge in [-0.05, 0) is 55.7 Å². The molecule has 1 aliphatic heterocycles. The van der Waals surface area contributed by atoms with E-state index in [9.17, 15) is 19.1 Å². The van der Waals surface area contributed by atoms with Crippen molar-refractivity contribution in [3.05, 3.63) is 23.8 Å². The second-order valence-corrected chi connectivity index (χ2v) is 10.7. The summed E-state index contributed by atoms with van der Waals surface area (Å²) < 4.78 is 51.1. The van der Waals surface area contributed by atoms with Crippen LogP contribution in [0.5, 0.6) is 0 Å². The van der Waals surface area contributed by atoms with Crippen LogP contribution in [0.15, 0.2) is 23.8 Å². The summed E-state index contributed by atoms with van der Waals surface area (Å²) in [5, 5.41) is 10.8. The van der Waals surface area contributed by atoms with Gasteiger partial charge in [0.25, 0.3) is 0 Å². The highest BCUT2D eigenvalue weighted by Gasteiger charge is 2.82. The van der Waals surface area contributed by atoms with E-state index in [1.165, 1.54) is 12.2 Å². The molecular formula is C22H25F3O4S. The number of hydrogen-bond donors (Lipinski definition) is 1. The van der Waals surface area contributed by atoms with Crippen LogP contribution in [0.3, 0.4) is 0 Å². The van der Waals surface area contributed by atoms with Crippen molar-refractivity contribution in [3.63, 3.8) is 0 Å². The fraction of sp³-hybridized carbons (Fsp3) is 0.727. The smallest absolute Gasteiger partial charge is 0.224 e. The Morgan fingerprint density at radius 1 is 1.37 bits per heavy atom. The van der Waals surface area contributed by atoms with E-state index in [4.69, 9.17) is 4.74 Å². The largest absolute Gasteiger partial charge is 0.390 e. The Morgan fingerprint density at radius 2 is 2.10 bits per heavy atom. The Bertz CT molecular complexity index is 892. The Balaban J connectivity index is 1.63. The molecule has 0 amide bonds. The van der Waals surface area contributed by atoms with Crippen molar-refractivity contribution in [2.45, 2.75) is 56.7 Å². The summed E-state index contributed by atoms with van der Waals surface area (Å²) in [6, 6.07) is -0.881. The first kappa shape index (κ1) is 20.8. The molecule has 30 heavy (non-hydrogen) atoms. The first-order chi connectivity index (χ1) is 14.1. The van der Waals surface area contributed by atoms with E-state index < -0.39 is 51.4 Å². The number of allylic oxidation sites excluding steroid dienone is 4. The number of fused-ring (bicyclic) bond motifs is 4. The van der Waals surface area contributed by atoms with Crippen LogP contribution >= 0.6 is 11.8 Å². The predicted octanol–water partition coefficient (Wildman–Crippen LogP) is 3.49. The molecule has 164 valence electrons. The monoisotopic (exact) mass is 442 g/mol. The second kappa shape index (κ2) is 6.23. The van der Waals surface area contributed by atoms with Gasteiger partial charge in [0.15, 0.2) is 11.5 Å². The lowest BCUT2D eigenvalue weighted by Crippen LogP contribution is -2.76. The molecule has 9 atom stereocenters. The fourth-order valence-corrected chi connectivity index (χ4v) is 8.42. The molecule has 4 fully saturated rings. The second-order valence-electron chi connectivity index (χ2n) is 9.80. The standard InChI is InChI=1S/C22H25F3O4S/c1-11-5-13-14-7-16(24)15-6-12(26)3-4-19(15,2)21(14,25)17(27)8-20(13)9-29-22(11,20)18(28)30-10-23/h3-4,6,11,13-14,16-17,27H,5,7-10H2,1-2H3/t11-,13+,14+,16+,17+,19+,20-,21+,22+/m1/s1. The van der Waals surface area contributed by atoms with Gasteiger partial charge in [0, 0.05) is 16.7 Å². The first-order valence-electron chi connectivity index (χ1n) is 10.4. The molecule has 1 heterocycles. The molecule has 1 N–H and O–H groups in total. The van der Waals surface area contributed by atoms with E-state index in [-0.39, 0.29) is 42.6 Å². The van der Waals surface area contributed by atoms with Gasteiger partial charge in [-0.2, -0.15) is 0 Å². The number of thioether (sulfide) groups is 1. The number of hydrogen-bond acceptors (Lipinski definition) is 5. The molecule has 5 rings (SSSR count). The number of carbonyl (C=O) groups is 2. The summed E-state index contributed by atoms with van der Waals surface area (Å²) >= 11 is 0.547. The zero-order valence-corrected chi connectivity index (χ0v) is 17.7. The van der Waals surface area contributed by atoms with Crippen LogP contribution < -0.4 is 0 Å². The van der Waals surface area contributed by atoms with Gasteiger partial charge in [0.2, 0.25) is 5.12 Å². The van der Waals surface area contributed by atoms with E-state index in [2.05, 4.69) is 0 Å². The summed E-state index contributed by atoms with van der Waals surface area (Å²) in [5.41, 5.74) is -5.62. The van der Waals surface area contributed by atoms with Crippen molar-refractivity contribution in [1.29, 1.82) is 0 Å². The SMILES string of the molecule is C[C@@H]1C[C@H]2[C@@H]3C[C@H](F)C4=CC(=O)C=C[C@]4(C)[C@@]3(F)[C@@H](O)C[C@@]23CO[C@]13C(=O)SCF. The van der Waals surface area contributed by atoms with Gasteiger partial charge in [-0.3, -0.25) is 9.59 Å². The summed E-state index contributed by atoms with van der Waals surface area (Å²) in [4.78, 5) is 24.8. The lowest BCUT2D eigenvalue weighted by molar-refractivity contribution is -0.307. The van der Waals surface area contributed by atoms with Crippen molar-refractivity contribution in [3.8, 4) is 0 Å². The molecule has 8 heteroatoms. The molecule has 1 spiro atoms. The van der Waals surface area contributed by atoms with Crippen LogP contribution in [0.2, 0.25) is 0 Å². The molecule has 0 unspecified atom stereocenters. The molecule has 0 aromatic rings. The van der Waals surface area contributed by atoms with Crippen LogP contribution in [-0.2, 0) is 14.3 Å². The number of aliphatic hydroxyl groups excluding tert-OH is 1. The lowest BCUT2D eigenvalue weighted by Gasteiger charge is -2.67. The van der Waals surface area contributed by atoms with E-state index in [1.54, 1.807) is 6.92 Å². The van der Waals surface area contributed by atoms with E-state index in [0.717, 1.165) is 6.08 Å². The predicted molar refractivity (Wildman–Crippen MR) is 105 cm³/mol. The Labute approximate surface area is 177 Å². The van der Waals surface area contributed by atoms with Crippen LogP contribution in [0.1, 0.15) is 33.1 Å². The highest BCUT2D eigenvalue weighted by molar-refractivity contribution is 8.13. The van der Waals surface area contributed by atoms with Crippen LogP contribution in [0.4, 0.5) is 13.2 Å². The summed E-state index contributed by atoms with van der Waals surface area (Å²) in [7, 11) is 0. The van der Waals surface area contributed by atoms with Gasteiger partial charge >= 0.3 is 0 Å². The number of alkyl halides is 3. The van der Waals surface area contributed by atoms with Crippen molar-refractivity contribution in [1.82, 2.24) is 0 Å². The van der Waals surface area contributed by atoms with Gasteiger partial charge in [0.1, 0.15) is 17.8 Å². The molecule has 4 nitrogen and oxygen atoms in total. The average molecular weight is 442 g/mol. The number of aliphatic hydroxyl groups is 1. The molecule has 5 aliphatic rings. The number of rotatable bonds is 2. The molecule has 0 bridgehead atoms. The third kappa shape index (κ3) is 2.04. The quantitative estimate of drug-likeness (QED) is 0.710. The van der Waals surface area contributed by atoms with Crippen molar-refractivity contribution in [2.75, 3.05) is 12.6 Å². The minimum absolute atomic E-state index is 0.00476. The van der Waals surface area contributed by atoms with Gasteiger partial charge in [-0.1, -0.05) is 24.8 Å². The molecule has 0 radical (unpaired) electrons. The molecule has 3 saturated carbocycles. The molecule has 0 aromatic heterocycles. The van der Waals surface area contributed by atoms with Crippen LogP contribution in [0.25, 0.3) is 0 Å². The molecule has 4 aliphatic carbocycles. The Hall–Kier alpha value is -1.12. The minimum atomic E-state index is -2.17. The van der Waals surface area contributed by atoms with Crippen LogP contribution in [0, 0.1) is 28.6 Å². The van der Waals surface area contributed by atoms with Crippen molar-refractivity contribution in [2.24, 2.45) is 28.6 Å².